The van der Waals surface area contributed by atoms with E-state index in [1.54, 1.807) is 38.4 Å². The fraction of sp³-hybridized carbons (Fsp3) is 0.500. The molecule has 0 bridgehead atoms. The van der Waals surface area contributed by atoms with Crippen molar-refractivity contribution in [1.29, 1.82) is 0 Å². The van der Waals surface area contributed by atoms with Gasteiger partial charge < -0.3 is 48.4 Å². The molecule has 15 nitrogen and oxygen atoms in total. The maximum Gasteiger partial charge on any atom is 0.222 e. The molecule has 0 aliphatic carbocycles. The van der Waals surface area contributed by atoms with Gasteiger partial charge in [-0.05, 0) is 30.0 Å². The van der Waals surface area contributed by atoms with E-state index in [0.29, 0.717) is 95.3 Å². The van der Waals surface area contributed by atoms with Crippen LogP contribution in [-0.4, -0.2) is 105 Å². The number of carbonyl (C=O) groups excluding carboxylic acids is 1. The second-order valence-electron chi connectivity index (χ2n) is 11.6. The van der Waals surface area contributed by atoms with Crippen LogP contribution in [0.25, 0.3) is 22.1 Å². The van der Waals surface area contributed by atoms with Crippen molar-refractivity contribution < 1.29 is 47.8 Å². The molecular formula is C36H50N4O11. The predicted octanol–water partition coefficient (Wildman–Crippen LogP) is 3.92. The second-order valence-corrected chi connectivity index (χ2v) is 11.6. The van der Waals surface area contributed by atoms with E-state index in [4.69, 9.17) is 32.8 Å². The lowest BCUT2D eigenvalue weighted by molar-refractivity contribution is -0.121. The van der Waals surface area contributed by atoms with Gasteiger partial charge in [-0.25, -0.2) is 0 Å². The number of nitrogens with one attached hydrogen (secondary N) is 1. The van der Waals surface area contributed by atoms with Crippen LogP contribution in [-0.2, 0) is 41.6 Å². The van der Waals surface area contributed by atoms with Gasteiger partial charge in [0.15, 0.2) is 0 Å². The molecule has 4 rings (SSSR count). The van der Waals surface area contributed by atoms with E-state index in [0.717, 1.165) is 24.7 Å². The lowest BCUT2D eigenvalue weighted by Gasteiger charge is -2.07. The molecule has 15 heteroatoms. The first-order chi connectivity index (χ1) is 24.7. The third-order valence-corrected chi connectivity index (χ3v) is 7.25. The number of aryl methyl sites for hydroxylation is 1. The third kappa shape index (κ3) is 15.1. The topological polar surface area (TPSA) is 186 Å². The van der Waals surface area contributed by atoms with Gasteiger partial charge >= 0.3 is 0 Å². The fourth-order valence-corrected chi connectivity index (χ4v) is 4.44. The summed E-state index contributed by atoms with van der Waals surface area (Å²) in [5, 5.41) is 30.0. The Morgan fingerprint density at radius 3 is 2.10 bits per heavy atom. The summed E-state index contributed by atoms with van der Waals surface area (Å²) >= 11 is 0. The first kappa shape index (κ1) is 40.9. The average Bonchev–Trinajstić information content (AvgIpc) is 3.58. The minimum Gasteiger partial charge on any atom is -0.508 e. The van der Waals surface area contributed by atoms with Gasteiger partial charge in [0, 0.05) is 32.1 Å². The van der Waals surface area contributed by atoms with Gasteiger partial charge in [-0.15, -0.1) is 5.10 Å². The van der Waals surface area contributed by atoms with Crippen molar-refractivity contribution >= 4 is 16.9 Å². The highest BCUT2D eigenvalue weighted by Gasteiger charge is 2.14. The molecule has 2 aromatic carbocycles. The molecule has 2 heterocycles. The lowest BCUT2D eigenvalue weighted by atomic mass is 10.0. The Balaban J connectivity index is 0.000000291. The number of fused-ring (bicyclic) bond motifs is 1. The summed E-state index contributed by atoms with van der Waals surface area (Å²) in [4.78, 5) is 23.5. The van der Waals surface area contributed by atoms with Crippen LogP contribution >= 0.6 is 0 Å². The molecule has 51 heavy (non-hydrogen) atoms. The van der Waals surface area contributed by atoms with E-state index in [9.17, 15) is 19.8 Å². The Hall–Kier alpha value is -4.54. The van der Waals surface area contributed by atoms with Crippen LogP contribution in [0.3, 0.4) is 0 Å². The molecule has 0 spiro atoms. The van der Waals surface area contributed by atoms with E-state index < -0.39 is 0 Å². The molecule has 0 unspecified atom stereocenters. The summed E-state index contributed by atoms with van der Waals surface area (Å²) in [7, 11) is 3.17. The molecule has 4 aromatic rings. The lowest BCUT2D eigenvalue weighted by Crippen LogP contribution is -2.20. The predicted molar refractivity (Wildman–Crippen MR) is 189 cm³/mol. The normalized spacial score (nSPS) is 11.1. The largest absolute Gasteiger partial charge is 0.508 e. The van der Waals surface area contributed by atoms with Crippen LogP contribution in [0.4, 0.5) is 0 Å². The van der Waals surface area contributed by atoms with Gasteiger partial charge in [-0.1, -0.05) is 31.2 Å². The van der Waals surface area contributed by atoms with Crippen LogP contribution in [0.5, 0.6) is 17.2 Å². The van der Waals surface area contributed by atoms with Crippen molar-refractivity contribution in [1.82, 2.24) is 20.3 Å². The summed E-state index contributed by atoms with van der Waals surface area (Å²) < 4.78 is 39.3. The highest BCUT2D eigenvalue weighted by atomic mass is 16.6. The quantitative estimate of drug-likeness (QED) is 0.0996. The van der Waals surface area contributed by atoms with Crippen LogP contribution in [0.15, 0.2) is 58.1 Å². The summed E-state index contributed by atoms with van der Waals surface area (Å²) in [6.45, 7) is 10.1. The number of hydrogen-bond acceptors (Lipinski definition) is 13. The number of phenols is 2. The highest BCUT2D eigenvalue weighted by Crippen LogP contribution is 2.30. The third-order valence-electron chi connectivity index (χ3n) is 7.25. The number of aromatic nitrogens is 3. The number of nitrogens with zero attached hydrogens (tertiary/aromatic N) is 3. The number of rotatable bonds is 22. The molecule has 0 fully saturated rings. The molecule has 2 aromatic heterocycles. The highest BCUT2D eigenvalue weighted by molar-refractivity contribution is 5.88. The second kappa shape index (κ2) is 23.0. The minimum absolute atomic E-state index is 0.0281. The number of phenolic OH excluding ortho intramolecular Hbond substituents is 2. The monoisotopic (exact) mass is 714 g/mol. The Bertz CT molecular complexity index is 1640. The minimum atomic E-state index is -0.362. The molecule has 0 aliphatic rings. The van der Waals surface area contributed by atoms with Gasteiger partial charge in [0.1, 0.15) is 40.2 Å². The Kier molecular flexibility index (Phi) is 18.5. The first-order valence-corrected chi connectivity index (χ1v) is 16.8. The smallest absolute Gasteiger partial charge is 0.222 e. The van der Waals surface area contributed by atoms with Crippen LogP contribution < -0.4 is 15.5 Å². The van der Waals surface area contributed by atoms with Crippen molar-refractivity contribution in [2.45, 2.75) is 39.8 Å². The molecular weight excluding hydrogens is 664 g/mol. The molecule has 0 saturated carbocycles. The fourth-order valence-electron chi connectivity index (χ4n) is 4.44. The van der Waals surface area contributed by atoms with Gasteiger partial charge in [-0.2, -0.15) is 0 Å². The maximum atomic E-state index is 12.5. The average molecular weight is 715 g/mol. The Labute approximate surface area is 297 Å². The van der Waals surface area contributed by atoms with E-state index in [1.807, 2.05) is 10.9 Å². The van der Waals surface area contributed by atoms with E-state index >= 15 is 0 Å². The Morgan fingerprint density at radius 1 is 0.902 bits per heavy atom. The zero-order valence-electron chi connectivity index (χ0n) is 29.8. The number of benzene rings is 2. The van der Waals surface area contributed by atoms with Crippen LogP contribution in [0.2, 0.25) is 0 Å². The summed E-state index contributed by atoms with van der Waals surface area (Å²) in [6.07, 6.45) is 4.69. The van der Waals surface area contributed by atoms with Crippen LogP contribution in [0.1, 0.15) is 32.4 Å². The Morgan fingerprint density at radius 2 is 1.51 bits per heavy atom. The zero-order valence-corrected chi connectivity index (χ0v) is 29.8. The van der Waals surface area contributed by atoms with Gasteiger partial charge in [0.2, 0.25) is 11.3 Å². The first-order valence-electron chi connectivity index (χ1n) is 16.8. The van der Waals surface area contributed by atoms with Crippen molar-refractivity contribution in [3.8, 4) is 28.4 Å². The molecule has 0 saturated heterocycles. The van der Waals surface area contributed by atoms with Crippen molar-refractivity contribution in [2.75, 3.05) is 73.6 Å². The molecule has 0 radical (unpaired) electrons. The summed E-state index contributed by atoms with van der Waals surface area (Å²) in [6, 6.07) is 9.32. The standard InChI is InChI=1S/C20H38N4O6.C16H12O5/c1-18(2)4-6-24-16-19(22-23-24)17-30-15-14-29-13-12-28-11-10-27-9-8-26-7-5-20(25)21-3;1-20-11-4-2-9(3-5-11)12-8-21-14-7-10(17)6-13(18)15(14)16(12)19/h16,18H,4-15,17H2,1-3H3,(H,21,25);2-8,17-18H,1H3. The molecule has 1 amide bonds. The number of amides is 1. The number of methoxy groups -OCH3 is 1. The SMILES string of the molecule is CNC(=O)CCOCCOCCOCCOCCOCc1cn(CCC(C)C)nn1.COc1ccc(-c2coc3cc(O)cc(O)c3c2=O)cc1. The summed E-state index contributed by atoms with van der Waals surface area (Å²) in [5.41, 5.74) is 1.58. The number of ether oxygens (including phenoxy) is 6. The van der Waals surface area contributed by atoms with Gasteiger partial charge in [-0.3, -0.25) is 14.3 Å². The zero-order chi connectivity index (χ0) is 36.8. The molecule has 280 valence electrons. The van der Waals surface area contributed by atoms with E-state index in [-0.39, 0.29) is 33.8 Å². The van der Waals surface area contributed by atoms with Gasteiger partial charge in [0.25, 0.3) is 0 Å². The number of aromatic hydroxyl groups is 2. The molecule has 0 aliphatic heterocycles. The number of carbonyl (C=O) groups is 1. The van der Waals surface area contributed by atoms with E-state index in [1.165, 1.54) is 12.3 Å². The maximum absolute atomic E-state index is 12.5. The molecule has 0 atom stereocenters. The molecule has 3 N–H and O–H groups in total. The van der Waals surface area contributed by atoms with Gasteiger partial charge in [0.05, 0.1) is 84.9 Å². The van der Waals surface area contributed by atoms with Crippen molar-refractivity contribution in [3.63, 3.8) is 0 Å². The van der Waals surface area contributed by atoms with E-state index in [2.05, 4.69) is 29.5 Å². The number of hydrogen-bond donors (Lipinski definition) is 3. The van der Waals surface area contributed by atoms with Crippen LogP contribution in [0, 0.1) is 5.92 Å². The summed E-state index contributed by atoms with van der Waals surface area (Å²) in [5.74, 6) is 0.820. The van der Waals surface area contributed by atoms with Crippen molar-refractivity contribution in [2.24, 2.45) is 5.92 Å². The van der Waals surface area contributed by atoms with Crippen molar-refractivity contribution in [3.05, 3.63) is 64.8 Å².